The fourth-order valence-corrected chi connectivity index (χ4v) is 2.24. The van der Waals surface area contributed by atoms with Gasteiger partial charge in [0, 0.05) is 17.8 Å². The molecule has 1 N–H and O–H groups in total. The minimum absolute atomic E-state index is 0.455. The van der Waals surface area contributed by atoms with Crippen molar-refractivity contribution in [2.75, 3.05) is 0 Å². The summed E-state index contributed by atoms with van der Waals surface area (Å²) in [5.74, 6) is 0. The smallest absolute Gasteiger partial charge is 0.123 e. The van der Waals surface area contributed by atoms with Gasteiger partial charge < -0.3 is 5.11 Å². The lowest BCUT2D eigenvalue weighted by Gasteiger charge is -2.12. The topological polar surface area (TPSA) is 46.0 Å². The molecule has 0 aliphatic carbocycles. The van der Waals surface area contributed by atoms with Crippen molar-refractivity contribution in [3.63, 3.8) is 0 Å². The molecule has 1 atom stereocenters. The third-order valence-corrected chi connectivity index (χ3v) is 3.31. The van der Waals surface area contributed by atoms with E-state index in [1.54, 1.807) is 24.5 Å². The van der Waals surface area contributed by atoms with Crippen LogP contribution in [0.5, 0.6) is 0 Å². The van der Waals surface area contributed by atoms with Crippen LogP contribution < -0.4 is 0 Å². The van der Waals surface area contributed by atoms with Crippen LogP contribution in [0.3, 0.4) is 0 Å². The number of pyridine rings is 2. The van der Waals surface area contributed by atoms with Crippen molar-refractivity contribution < 1.29 is 5.11 Å². The highest BCUT2D eigenvalue weighted by molar-refractivity contribution is 6.31. The van der Waals surface area contributed by atoms with E-state index in [0.29, 0.717) is 10.7 Å². The molecule has 0 radical (unpaired) electrons. The molecule has 19 heavy (non-hydrogen) atoms. The molecule has 3 nitrogen and oxygen atoms in total. The van der Waals surface area contributed by atoms with Crippen LogP contribution in [0.2, 0.25) is 5.02 Å². The van der Waals surface area contributed by atoms with Crippen LogP contribution in [-0.2, 0) is 0 Å². The number of hydrogen-bond acceptors (Lipinski definition) is 3. The van der Waals surface area contributed by atoms with E-state index in [1.807, 2.05) is 30.3 Å². The Bertz CT molecular complexity index is 730. The standard InChI is InChI=1S/C15H11ClN2O/c16-12-4-2-8-18-14(12)15(19)11-6-5-10-3-1-7-17-13(10)9-11/h1-9,15,19H. The Labute approximate surface area is 115 Å². The number of aliphatic hydroxyl groups excluding tert-OH is 1. The lowest BCUT2D eigenvalue weighted by atomic mass is 10.0. The second-order valence-electron chi connectivity index (χ2n) is 4.23. The van der Waals surface area contributed by atoms with Gasteiger partial charge in [0.05, 0.1) is 16.2 Å². The van der Waals surface area contributed by atoms with Gasteiger partial charge in [0.15, 0.2) is 0 Å². The van der Waals surface area contributed by atoms with Gasteiger partial charge in [0.25, 0.3) is 0 Å². The largest absolute Gasteiger partial charge is 0.382 e. The molecule has 94 valence electrons. The fourth-order valence-electron chi connectivity index (χ4n) is 2.01. The zero-order valence-electron chi connectivity index (χ0n) is 9.99. The molecular weight excluding hydrogens is 260 g/mol. The fraction of sp³-hybridized carbons (Fsp3) is 0.0667. The maximum absolute atomic E-state index is 10.4. The van der Waals surface area contributed by atoms with Gasteiger partial charge in [-0.15, -0.1) is 0 Å². The van der Waals surface area contributed by atoms with Gasteiger partial charge in [-0.3, -0.25) is 9.97 Å². The molecule has 0 spiro atoms. The molecule has 3 aromatic rings. The summed E-state index contributed by atoms with van der Waals surface area (Å²) in [5, 5.41) is 11.8. The number of aromatic nitrogens is 2. The zero-order chi connectivity index (χ0) is 13.2. The molecule has 0 aliphatic heterocycles. The van der Waals surface area contributed by atoms with Gasteiger partial charge in [0.1, 0.15) is 6.10 Å². The van der Waals surface area contributed by atoms with Crippen LogP contribution in [0.1, 0.15) is 17.4 Å². The summed E-state index contributed by atoms with van der Waals surface area (Å²) >= 11 is 6.05. The van der Waals surface area contributed by atoms with Crippen molar-refractivity contribution >= 4 is 22.5 Å². The van der Waals surface area contributed by atoms with E-state index in [4.69, 9.17) is 11.6 Å². The Balaban J connectivity index is 2.07. The Kier molecular flexibility index (Phi) is 3.15. The van der Waals surface area contributed by atoms with E-state index in [-0.39, 0.29) is 0 Å². The molecule has 2 aromatic heterocycles. The van der Waals surface area contributed by atoms with Crippen LogP contribution in [0.15, 0.2) is 54.9 Å². The highest BCUT2D eigenvalue weighted by Crippen LogP contribution is 2.27. The van der Waals surface area contributed by atoms with Gasteiger partial charge in [-0.1, -0.05) is 29.8 Å². The molecule has 0 amide bonds. The summed E-state index contributed by atoms with van der Waals surface area (Å²) in [7, 11) is 0. The average molecular weight is 271 g/mol. The summed E-state index contributed by atoms with van der Waals surface area (Å²) in [6.45, 7) is 0. The lowest BCUT2D eigenvalue weighted by molar-refractivity contribution is 0.215. The molecule has 1 aromatic carbocycles. The first-order chi connectivity index (χ1) is 9.25. The Morgan fingerprint density at radius 1 is 1.00 bits per heavy atom. The van der Waals surface area contributed by atoms with E-state index >= 15 is 0 Å². The van der Waals surface area contributed by atoms with Crippen LogP contribution in [0.4, 0.5) is 0 Å². The Hall–Kier alpha value is -1.97. The quantitative estimate of drug-likeness (QED) is 0.777. The summed E-state index contributed by atoms with van der Waals surface area (Å²) in [5.41, 5.74) is 2.03. The molecule has 0 fully saturated rings. The maximum atomic E-state index is 10.4. The minimum Gasteiger partial charge on any atom is -0.382 e. The minimum atomic E-state index is -0.847. The molecule has 0 bridgehead atoms. The SMILES string of the molecule is OC(c1ccc2cccnc2c1)c1ncccc1Cl. The number of halogens is 1. The van der Waals surface area contributed by atoms with Gasteiger partial charge in [-0.25, -0.2) is 0 Å². The monoisotopic (exact) mass is 270 g/mol. The van der Waals surface area contributed by atoms with Gasteiger partial charge in [-0.2, -0.15) is 0 Å². The van der Waals surface area contributed by atoms with Crippen LogP contribution in [-0.4, -0.2) is 15.1 Å². The molecule has 1 unspecified atom stereocenters. The maximum Gasteiger partial charge on any atom is 0.123 e. The second kappa shape index (κ2) is 4.96. The van der Waals surface area contributed by atoms with E-state index in [0.717, 1.165) is 16.5 Å². The summed E-state index contributed by atoms with van der Waals surface area (Å²) < 4.78 is 0. The van der Waals surface area contributed by atoms with E-state index < -0.39 is 6.10 Å². The third kappa shape index (κ3) is 2.30. The first kappa shape index (κ1) is 12.1. The Morgan fingerprint density at radius 2 is 1.79 bits per heavy atom. The van der Waals surface area contributed by atoms with Crippen molar-refractivity contribution in [3.8, 4) is 0 Å². The van der Waals surface area contributed by atoms with Crippen molar-refractivity contribution in [3.05, 3.63) is 71.1 Å². The Morgan fingerprint density at radius 3 is 2.63 bits per heavy atom. The normalized spacial score (nSPS) is 12.5. The average Bonchev–Trinajstić information content (AvgIpc) is 2.46. The molecule has 0 saturated heterocycles. The number of benzene rings is 1. The number of rotatable bonds is 2. The summed E-state index contributed by atoms with van der Waals surface area (Å²) in [6.07, 6.45) is 2.50. The second-order valence-corrected chi connectivity index (χ2v) is 4.64. The van der Waals surface area contributed by atoms with Crippen molar-refractivity contribution in [1.82, 2.24) is 9.97 Å². The van der Waals surface area contributed by atoms with Crippen LogP contribution in [0.25, 0.3) is 10.9 Å². The molecule has 2 heterocycles. The van der Waals surface area contributed by atoms with E-state index in [9.17, 15) is 5.11 Å². The lowest BCUT2D eigenvalue weighted by Crippen LogP contribution is -2.03. The van der Waals surface area contributed by atoms with Gasteiger partial charge in [0.2, 0.25) is 0 Å². The molecular formula is C15H11ClN2O. The van der Waals surface area contributed by atoms with Crippen molar-refractivity contribution in [2.24, 2.45) is 0 Å². The number of fused-ring (bicyclic) bond motifs is 1. The summed E-state index contributed by atoms with van der Waals surface area (Å²) in [4.78, 5) is 8.41. The first-order valence-corrected chi connectivity index (χ1v) is 6.26. The predicted molar refractivity (Wildman–Crippen MR) is 75.1 cm³/mol. The van der Waals surface area contributed by atoms with E-state index in [2.05, 4.69) is 9.97 Å². The summed E-state index contributed by atoms with van der Waals surface area (Å²) in [6, 6.07) is 13.0. The number of hydrogen-bond donors (Lipinski definition) is 1. The van der Waals surface area contributed by atoms with Gasteiger partial charge in [-0.05, 0) is 29.8 Å². The van der Waals surface area contributed by atoms with Crippen molar-refractivity contribution in [1.29, 1.82) is 0 Å². The van der Waals surface area contributed by atoms with E-state index in [1.165, 1.54) is 0 Å². The zero-order valence-corrected chi connectivity index (χ0v) is 10.7. The third-order valence-electron chi connectivity index (χ3n) is 2.99. The molecule has 4 heteroatoms. The highest BCUT2D eigenvalue weighted by Gasteiger charge is 2.15. The highest BCUT2D eigenvalue weighted by atomic mass is 35.5. The molecule has 0 saturated carbocycles. The number of nitrogens with zero attached hydrogens (tertiary/aromatic N) is 2. The predicted octanol–water partition coefficient (Wildman–Crippen LogP) is 3.36. The molecule has 0 aliphatic rings. The van der Waals surface area contributed by atoms with Crippen molar-refractivity contribution in [2.45, 2.75) is 6.10 Å². The van der Waals surface area contributed by atoms with Gasteiger partial charge >= 0.3 is 0 Å². The van der Waals surface area contributed by atoms with Crippen LogP contribution in [0, 0.1) is 0 Å². The molecule has 3 rings (SSSR count). The number of aliphatic hydroxyl groups is 1. The first-order valence-electron chi connectivity index (χ1n) is 5.89. The van der Waals surface area contributed by atoms with Crippen LogP contribution >= 0.6 is 11.6 Å².